The molecule has 5 nitrogen and oxygen atoms in total. The number of hydrogen-bond acceptors (Lipinski definition) is 6. The predicted octanol–water partition coefficient (Wildman–Crippen LogP) is 5.70. The highest BCUT2D eigenvalue weighted by atomic mass is 32.2. The molecule has 1 aliphatic rings. The lowest BCUT2D eigenvalue weighted by molar-refractivity contribution is -0.115. The van der Waals surface area contributed by atoms with Crippen molar-refractivity contribution in [2.45, 2.75) is 45.1 Å². The van der Waals surface area contributed by atoms with Crippen molar-refractivity contribution < 1.29 is 4.79 Å². The summed E-state index contributed by atoms with van der Waals surface area (Å²) in [6, 6.07) is 12.8. The molecule has 1 N–H and O–H groups in total. The summed E-state index contributed by atoms with van der Waals surface area (Å²) < 4.78 is 0. The summed E-state index contributed by atoms with van der Waals surface area (Å²) in [5, 5.41) is 23.5. The number of aromatic nitrogens is 1. The van der Waals surface area contributed by atoms with Gasteiger partial charge in [-0.3, -0.25) is 4.79 Å². The molecule has 1 amide bonds. The average Bonchev–Trinajstić information content (AvgIpc) is 3.15. The van der Waals surface area contributed by atoms with Gasteiger partial charge in [0.15, 0.2) is 0 Å². The molecule has 0 spiro atoms. The summed E-state index contributed by atoms with van der Waals surface area (Å²) in [6.07, 6.45) is 1.99. The summed E-state index contributed by atoms with van der Waals surface area (Å²) in [5.74, 6) is 0.366. The lowest BCUT2D eigenvalue weighted by Crippen LogP contribution is -2.12. The number of anilines is 1. The Kier molecular flexibility index (Phi) is 6.32. The van der Waals surface area contributed by atoms with E-state index < -0.39 is 0 Å². The Balaban J connectivity index is 1.47. The van der Waals surface area contributed by atoms with Crippen LogP contribution < -0.4 is 5.32 Å². The predicted molar refractivity (Wildman–Crippen MR) is 129 cm³/mol. The first-order chi connectivity index (χ1) is 15.4. The molecule has 0 bridgehead atoms. The van der Waals surface area contributed by atoms with E-state index in [4.69, 9.17) is 0 Å². The van der Waals surface area contributed by atoms with Gasteiger partial charge in [-0.25, -0.2) is 4.98 Å². The number of rotatable bonds is 5. The highest BCUT2D eigenvalue weighted by Gasteiger charge is 2.25. The third kappa shape index (κ3) is 4.02. The monoisotopic (exact) mass is 458 g/mol. The maximum absolute atomic E-state index is 12.7. The van der Waals surface area contributed by atoms with Gasteiger partial charge in [0, 0.05) is 22.7 Å². The van der Waals surface area contributed by atoms with Crippen LogP contribution in [0.3, 0.4) is 0 Å². The number of nitrogens with zero attached hydrogens (tertiary/aromatic N) is 3. The quantitative estimate of drug-likeness (QED) is 0.496. The molecule has 7 heteroatoms. The van der Waals surface area contributed by atoms with Crippen LogP contribution in [0.5, 0.6) is 0 Å². The van der Waals surface area contributed by atoms with E-state index in [-0.39, 0.29) is 12.3 Å². The van der Waals surface area contributed by atoms with Gasteiger partial charge in [0.2, 0.25) is 5.91 Å². The SMILES string of the molecule is Cc1nc(SCCC(=O)Nc2sc3c(c2C#N)CCc2ccccc2-3)c(C#N)c(C)c1C. The molecule has 0 saturated heterocycles. The fourth-order valence-electron chi connectivity index (χ4n) is 3.92. The van der Waals surface area contributed by atoms with E-state index in [2.05, 4.69) is 34.6 Å². The number of carbonyl (C=O) groups excluding carboxylic acids is 1. The maximum atomic E-state index is 12.7. The summed E-state index contributed by atoms with van der Waals surface area (Å²) in [5.41, 5.74) is 7.50. The van der Waals surface area contributed by atoms with Crippen LogP contribution in [0.15, 0.2) is 29.3 Å². The average molecular weight is 459 g/mol. The third-order valence-electron chi connectivity index (χ3n) is 5.92. The number of hydrogen-bond donors (Lipinski definition) is 1. The Morgan fingerprint density at radius 3 is 2.62 bits per heavy atom. The van der Waals surface area contributed by atoms with Crippen LogP contribution in [0.25, 0.3) is 10.4 Å². The number of thiophene rings is 1. The molecule has 0 atom stereocenters. The van der Waals surface area contributed by atoms with Crippen LogP contribution in [-0.2, 0) is 17.6 Å². The Morgan fingerprint density at radius 2 is 1.88 bits per heavy atom. The summed E-state index contributed by atoms with van der Waals surface area (Å²) in [4.78, 5) is 18.3. The summed E-state index contributed by atoms with van der Waals surface area (Å²) in [7, 11) is 0. The molecule has 2 aromatic heterocycles. The van der Waals surface area contributed by atoms with Crippen molar-refractivity contribution in [3.8, 4) is 22.6 Å². The van der Waals surface area contributed by atoms with Gasteiger partial charge in [0.25, 0.3) is 0 Å². The van der Waals surface area contributed by atoms with Crippen molar-refractivity contribution in [3.63, 3.8) is 0 Å². The number of carbonyl (C=O) groups is 1. The second-order valence-electron chi connectivity index (χ2n) is 7.77. The normalized spacial score (nSPS) is 11.8. The van der Waals surface area contributed by atoms with E-state index >= 15 is 0 Å². The maximum Gasteiger partial charge on any atom is 0.225 e. The second kappa shape index (κ2) is 9.16. The van der Waals surface area contributed by atoms with Crippen molar-refractivity contribution in [1.82, 2.24) is 4.98 Å². The zero-order valence-corrected chi connectivity index (χ0v) is 19.8. The van der Waals surface area contributed by atoms with Crippen LogP contribution in [-0.4, -0.2) is 16.6 Å². The van der Waals surface area contributed by atoms with Crippen molar-refractivity contribution in [2.24, 2.45) is 0 Å². The van der Waals surface area contributed by atoms with Crippen LogP contribution in [0, 0.1) is 43.4 Å². The molecule has 4 rings (SSSR count). The van der Waals surface area contributed by atoms with Crippen molar-refractivity contribution >= 4 is 34.0 Å². The number of pyridine rings is 1. The molecular formula is C25H22N4OS2. The van der Waals surface area contributed by atoms with E-state index in [9.17, 15) is 15.3 Å². The minimum atomic E-state index is -0.139. The molecule has 32 heavy (non-hydrogen) atoms. The minimum Gasteiger partial charge on any atom is -0.317 e. The molecular weight excluding hydrogens is 436 g/mol. The van der Waals surface area contributed by atoms with Gasteiger partial charge in [0.1, 0.15) is 22.2 Å². The fraction of sp³-hybridized carbons (Fsp3) is 0.280. The summed E-state index contributed by atoms with van der Waals surface area (Å²) >= 11 is 2.90. The topological polar surface area (TPSA) is 89.6 Å². The number of thioether (sulfide) groups is 1. The minimum absolute atomic E-state index is 0.139. The van der Waals surface area contributed by atoms with Gasteiger partial charge in [-0.15, -0.1) is 23.1 Å². The number of nitriles is 2. The van der Waals surface area contributed by atoms with E-state index in [1.807, 2.05) is 32.9 Å². The van der Waals surface area contributed by atoms with E-state index in [1.54, 1.807) is 0 Å². The first kappa shape index (κ1) is 22.1. The van der Waals surface area contributed by atoms with Crippen molar-refractivity contribution in [1.29, 1.82) is 10.5 Å². The van der Waals surface area contributed by atoms with Gasteiger partial charge in [-0.2, -0.15) is 10.5 Å². The molecule has 0 radical (unpaired) electrons. The van der Waals surface area contributed by atoms with E-state index in [1.165, 1.54) is 28.7 Å². The fourth-order valence-corrected chi connectivity index (χ4v) is 6.23. The van der Waals surface area contributed by atoms with E-state index in [0.29, 0.717) is 26.9 Å². The first-order valence-electron chi connectivity index (χ1n) is 10.4. The molecule has 1 aromatic carbocycles. The van der Waals surface area contributed by atoms with Crippen LogP contribution in [0.4, 0.5) is 5.00 Å². The lowest BCUT2D eigenvalue weighted by atomic mass is 9.90. The Hall–Kier alpha value is -3.13. The molecule has 3 aromatic rings. The highest BCUT2D eigenvalue weighted by Crippen LogP contribution is 2.44. The van der Waals surface area contributed by atoms with Gasteiger partial charge in [0.05, 0.1) is 11.1 Å². The number of amides is 1. The number of fused-ring (bicyclic) bond motifs is 3. The number of nitrogens with one attached hydrogen (secondary N) is 1. The molecule has 0 aliphatic heterocycles. The largest absolute Gasteiger partial charge is 0.317 e. The molecule has 0 fully saturated rings. The molecule has 2 heterocycles. The van der Waals surface area contributed by atoms with Gasteiger partial charge in [-0.05, 0) is 61.4 Å². The smallest absolute Gasteiger partial charge is 0.225 e. The number of benzene rings is 1. The van der Waals surface area contributed by atoms with Crippen LogP contribution in [0.1, 0.15) is 45.5 Å². The van der Waals surface area contributed by atoms with E-state index in [0.717, 1.165) is 45.7 Å². The van der Waals surface area contributed by atoms with Crippen LogP contribution in [0.2, 0.25) is 0 Å². The highest BCUT2D eigenvalue weighted by molar-refractivity contribution is 7.99. The standard InChI is InChI=1S/C25H22N4OS2/c1-14-15(2)20(12-26)24(28-16(14)3)31-11-10-22(30)29-25-21(13-27)19-9-8-17-6-4-5-7-18(17)23(19)32-25/h4-7H,8-11H2,1-3H3,(H,29,30). The van der Waals surface area contributed by atoms with Crippen LogP contribution >= 0.6 is 23.1 Å². The Morgan fingerprint density at radius 1 is 1.12 bits per heavy atom. The van der Waals surface area contributed by atoms with Crippen molar-refractivity contribution in [3.05, 3.63) is 63.3 Å². The van der Waals surface area contributed by atoms with Gasteiger partial charge in [-0.1, -0.05) is 24.3 Å². The van der Waals surface area contributed by atoms with Gasteiger partial charge >= 0.3 is 0 Å². The van der Waals surface area contributed by atoms with Crippen molar-refractivity contribution in [2.75, 3.05) is 11.1 Å². The Bertz CT molecular complexity index is 1310. The first-order valence-corrected chi connectivity index (χ1v) is 12.2. The number of aryl methyl sites for hydroxylation is 2. The molecule has 1 aliphatic carbocycles. The Labute approximate surface area is 196 Å². The zero-order valence-electron chi connectivity index (χ0n) is 18.2. The molecule has 160 valence electrons. The third-order valence-corrected chi connectivity index (χ3v) is 8.08. The lowest BCUT2D eigenvalue weighted by Gasteiger charge is -2.15. The summed E-state index contributed by atoms with van der Waals surface area (Å²) in [6.45, 7) is 5.83. The zero-order chi connectivity index (χ0) is 22.8. The molecule has 0 saturated carbocycles. The molecule has 0 unspecified atom stereocenters. The van der Waals surface area contributed by atoms with Gasteiger partial charge < -0.3 is 5.32 Å². The second-order valence-corrected chi connectivity index (χ2v) is 9.87.